The van der Waals surface area contributed by atoms with E-state index >= 15 is 0 Å². The van der Waals surface area contributed by atoms with Gasteiger partial charge in [-0.05, 0) is 23.9 Å². The molecule has 8 heteroatoms. The molecule has 0 radical (unpaired) electrons. The largest absolute Gasteiger partial charge is 0.492 e. The van der Waals surface area contributed by atoms with Crippen LogP contribution in [0.5, 0.6) is 5.88 Å². The minimum absolute atomic E-state index is 0.0835. The molecule has 1 saturated heterocycles. The normalized spacial score (nSPS) is 26.8. The smallest absolute Gasteiger partial charge is 0.249 e. The predicted molar refractivity (Wildman–Crippen MR) is 94.3 cm³/mol. The van der Waals surface area contributed by atoms with Crippen LogP contribution in [-0.4, -0.2) is 33.9 Å². The first-order valence-electron chi connectivity index (χ1n) is 7.47. The fraction of sp³-hybridized carbons (Fsp3) is 0.250. The maximum atomic E-state index is 11.9. The van der Waals surface area contributed by atoms with E-state index < -0.39 is 0 Å². The average Bonchev–Trinajstić information content (AvgIpc) is 3.20. The van der Waals surface area contributed by atoms with Gasteiger partial charge in [0.2, 0.25) is 17.7 Å². The number of aromatic hydroxyl groups is 1. The molecule has 0 bridgehead atoms. The van der Waals surface area contributed by atoms with Crippen molar-refractivity contribution in [3.05, 3.63) is 38.7 Å². The second kappa shape index (κ2) is 5.64. The number of amides is 2. The summed E-state index contributed by atoms with van der Waals surface area (Å²) in [7, 11) is 0. The number of allylic oxidation sites excluding steroid dienone is 2. The molecule has 3 heterocycles. The van der Waals surface area contributed by atoms with Gasteiger partial charge < -0.3 is 5.11 Å². The van der Waals surface area contributed by atoms with Crippen LogP contribution in [0.25, 0.3) is 6.08 Å². The SMILES string of the molecule is O=C1CCC(=O)N1n1c(O)c(/C=C2\C=NC3C=CC=CC23)sc1=S. The third kappa shape index (κ3) is 2.30. The minimum Gasteiger partial charge on any atom is -0.492 e. The van der Waals surface area contributed by atoms with Crippen molar-refractivity contribution in [3.8, 4) is 5.88 Å². The van der Waals surface area contributed by atoms with E-state index in [1.54, 1.807) is 6.21 Å². The van der Waals surface area contributed by atoms with E-state index in [-0.39, 0.29) is 46.5 Å². The Bertz CT molecular complexity index is 903. The quantitative estimate of drug-likeness (QED) is 0.650. The van der Waals surface area contributed by atoms with E-state index in [4.69, 9.17) is 12.2 Å². The van der Waals surface area contributed by atoms with Crippen molar-refractivity contribution in [1.82, 2.24) is 4.68 Å². The molecular formula is C16H13N3O3S2. The van der Waals surface area contributed by atoms with Crippen molar-refractivity contribution in [1.29, 1.82) is 0 Å². The number of fused-ring (bicyclic) bond motifs is 1. The van der Waals surface area contributed by atoms with E-state index in [1.807, 2.05) is 24.3 Å². The summed E-state index contributed by atoms with van der Waals surface area (Å²) >= 11 is 6.41. The Morgan fingerprint density at radius 1 is 1.25 bits per heavy atom. The topological polar surface area (TPSA) is 74.9 Å². The van der Waals surface area contributed by atoms with E-state index in [0.29, 0.717) is 4.88 Å². The summed E-state index contributed by atoms with van der Waals surface area (Å²) in [5, 5.41) is 11.4. The second-order valence-electron chi connectivity index (χ2n) is 5.68. The molecule has 1 fully saturated rings. The fourth-order valence-corrected chi connectivity index (χ4v) is 4.27. The third-order valence-corrected chi connectivity index (χ3v) is 5.49. The van der Waals surface area contributed by atoms with Gasteiger partial charge in [0.25, 0.3) is 0 Å². The first-order chi connectivity index (χ1) is 11.6. The molecule has 1 aromatic heterocycles. The molecule has 24 heavy (non-hydrogen) atoms. The zero-order valence-corrected chi connectivity index (χ0v) is 14.1. The monoisotopic (exact) mass is 359 g/mol. The highest BCUT2D eigenvalue weighted by Gasteiger charge is 2.34. The summed E-state index contributed by atoms with van der Waals surface area (Å²) in [6, 6.07) is 0.0835. The van der Waals surface area contributed by atoms with Gasteiger partial charge in [-0.3, -0.25) is 14.6 Å². The maximum absolute atomic E-state index is 11.9. The Morgan fingerprint density at radius 3 is 2.71 bits per heavy atom. The standard InChI is InChI=1S/C16H13N3O3S2/c20-13-5-6-14(21)18(13)19-15(22)12(24-16(19)23)7-9-8-17-11-4-2-1-3-10(9)11/h1-4,7-8,10-11,22H,5-6H2/b9-7+. The average molecular weight is 359 g/mol. The number of carbonyl (C=O) groups excluding carboxylic acids is 2. The Labute approximate surface area is 146 Å². The number of carbonyl (C=O) groups is 2. The van der Waals surface area contributed by atoms with Crippen molar-refractivity contribution in [2.75, 3.05) is 5.01 Å². The van der Waals surface area contributed by atoms with Crippen molar-refractivity contribution in [2.45, 2.75) is 18.9 Å². The van der Waals surface area contributed by atoms with Crippen LogP contribution in [-0.2, 0) is 9.59 Å². The molecule has 6 nitrogen and oxygen atoms in total. The third-order valence-electron chi connectivity index (χ3n) is 4.20. The Hall–Kier alpha value is -2.32. The minimum atomic E-state index is -0.355. The van der Waals surface area contributed by atoms with Gasteiger partial charge in [-0.15, -0.1) is 0 Å². The number of rotatable bonds is 2. The first kappa shape index (κ1) is 15.2. The molecule has 4 rings (SSSR count). The summed E-state index contributed by atoms with van der Waals surface area (Å²) in [5.41, 5.74) is 0.957. The molecule has 0 spiro atoms. The van der Waals surface area contributed by atoms with Crippen LogP contribution < -0.4 is 5.01 Å². The van der Waals surface area contributed by atoms with E-state index in [0.717, 1.165) is 26.6 Å². The van der Waals surface area contributed by atoms with Gasteiger partial charge in [-0.2, -0.15) is 9.69 Å². The molecule has 3 aliphatic rings. The Morgan fingerprint density at radius 2 is 1.96 bits per heavy atom. The number of imide groups is 1. The summed E-state index contributed by atoms with van der Waals surface area (Å²) < 4.78 is 1.39. The van der Waals surface area contributed by atoms with Crippen LogP contribution >= 0.6 is 23.6 Å². The molecule has 1 aliphatic carbocycles. The molecular weight excluding hydrogens is 346 g/mol. The van der Waals surface area contributed by atoms with Gasteiger partial charge in [0.15, 0.2) is 3.95 Å². The van der Waals surface area contributed by atoms with Gasteiger partial charge in [0.1, 0.15) is 0 Å². The van der Waals surface area contributed by atoms with Gasteiger partial charge in [-0.1, -0.05) is 35.6 Å². The molecule has 1 N–H and O–H groups in total. The summed E-state index contributed by atoms with van der Waals surface area (Å²) in [4.78, 5) is 28.8. The summed E-state index contributed by atoms with van der Waals surface area (Å²) in [6.07, 6.45) is 11.9. The van der Waals surface area contributed by atoms with E-state index in [1.165, 1.54) is 0 Å². The molecule has 2 atom stereocenters. The number of aliphatic imine (C=N–C) groups is 1. The van der Waals surface area contributed by atoms with Crippen molar-refractivity contribution >= 4 is 47.7 Å². The van der Waals surface area contributed by atoms with Gasteiger partial charge >= 0.3 is 0 Å². The highest BCUT2D eigenvalue weighted by molar-refractivity contribution is 7.73. The van der Waals surface area contributed by atoms with Crippen molar-refractivity contribution in [2.24, 2.45) is 10.9 Å². The zero-order chi connectivity index (χ0) is 16.8. The van der Waals surface area contributed by atoms with E-state index in [9.17, 15) is 14.7 Å². The van der Waals surface area contributed by atoms with Crippen molar-refractivity contribution < 1.29 is 14.7 Å². The lowest BCUT2D eigenvalue weighted by Gasteiger charge is -2.16. The summed E-state index contributed by atoms with van der Waals surface area (Å²) in [5.74, 6) is -0.764. The highest BCUT2D eigenvalue weighted by atomic mass is 32.1. The Balaban J connectivity index is 1.74. The lowest BCUT2D eigenvalue weighted by Crippen LogP contribution is -2.38. The van der Waals surface area contributed by atoms with Gasteiger partial charge in [0.05, 0.1) is 10.9 Å². The Kier molecular flexibility index (Phi) is 3.58. The molecule has 2 aliphatic heterocycles. The van der Waals surface area contributed by atoms with Crippen LogP contribution in [0, 0.1) is 9.87 Å². The lowest BCUT2D eigenvalue weighted by atomic mass is 9.91. The predicted octanol–water partition coefficient (Wildman–Crippen LogP) is 2.35. The van der Waals surface area contributed by atoms with Crippen LogP contribution in [0.4, 0.5) is 0 Å². The second-order valence-corrected chi connectivity index (χ2v) is 7.35. The van der Waals surface area contributed by atoms with Crippen LogP contribution in [0.2, 0.25) is 0 Å². The molecule has 0 saturated carbocycles. The summed E-state index contributed by atoms with van der Waals surface area (Å²) in [6.45, 7) is 0. The molecule has 2 unspecified atom stereocenters. The zero-order valence-electron chi connectivity index (χ0n) is 12.5. The number of thiazole rings is 1. The van der Waals surface area contributed by atoms with Crippen molar-refractivity contribution in [3.63, 3.8) is 0 Å². The highest BCUT2D eigenvalue weighted by Crippen LogP contribution is 2.34. The molecule has 2 amide bonds. The maximum Gasteiger partial charge on any atom is 0.249 e. The number of hydrogen-bond donors (Lipinski definition) is 1. The van der Waals surface area contributed by atoms with Crippen LogP contribution in [0.15, 0.2) is 34.9 Å². The van der Waals surface area contributed by atoms with E-state index in [2.05, 4.69) is 11.1 Å². The van der Waals surface area contributed by atoms with Gasteiger partial charge in [0, 0.05) is 25.0 Å². The number of aromatic nitrogens is 1. The molecule has 1 aromatic rings. The molecule has 122 valence electrons. The van der Waals surface area contributed by atoms with Crippen LogP contribution in [0.1, 0.15) is 17.7 Å². The first-order valence-corrected chi connectivity index (χ1v) is 8.69. The number of nitrogens with zero attached hydrogens (tertiary/aromatic N) is 3. The lowest BCUT2D eigenvalue weighted by molar-refractivity contribution is -0.123. The molecule has 0 aromatic carbocycles. The fourth-order valence-electron chi connectivity index (χ4n) is 3.02. The van der Waals surface area contributed by atoms with Gasteiger partial charge in [-0.25, -0.2) is 0 Å². The van der Waals surface area contributed by atoms with Crippen LogP contribution in [0.3, 0.4) is 0 Å². The number of hydrogen-bond acceptors (Lipinski definition) is 6.